The largest absolute Gasteiger partial charge is 0.215 e. The van der Waals surface area contributed by atoms with Crippen LogP contribution in [0.2, 0.25) is 0 Å². The minimum absolute atomic E-state index is 0.182. The molecule has 0 spiro atoms. The molecule has 0 saturated heterocycles. The molecule has 0 atom stereocenters. The summed E-state index contributed by atoms with van der Waals surface area (Å²) in [5.74, 6) is 1.00. The van der Waals surface area contributed by atoms with Crippen molar-refractivity contribution in [2.75, 3.05) is 0 Å². The second-order valence-corrected chi connectivity index (χ2v) is 13.6. The Bertz CT molecular complexity index is 2200. The number of hydrogen-bond acceptors (Lipinski definition) is 0. The van der Waals surface area contributed by atoms with Gasteiger partial charge in [-0.25, -0.2) is 0 Å². The van der Waals surface area contributed by atoms with E-state index in [-0.39, 0.29) is 6.04 Å². The van der Waals surface area contributed by atoms with Crippen LogP contribution in [0.3, 0.4) is 0 Å². The van der Waals surface area contributed by atoms with Gasteiger partial charge in [0.2, 0.25) is 17.4 Å². The van der Waals surface area contributed by atoms with E-state index >= 15 is 0 Å². The molecule has 1 nitrogen and oxygen atoms in total. The standard InChI is InChI=1S/C44H36N/c1-26(2)29-14-16-31-20-40-38(22-33(31)18-29)42-24-35(37-13-9-8-12-36(37)28-10-6-5-7-11-28)25-43-39-23-34-19-30(27(3)4)15-17-32(34)21-41(39)44(40)45(42)43/h5-27,44H,1-4H3/q+1. The Morgan fingerprint density at radius 3 is 1.42 bits per heavy atom. The molecule has 216 valence electrons. The molecule has 9 rings (SSSR count). The van der Waals surface area contributed by atoms with Crippen LogP contribution in [0.4, 0.5) is 0 Å². The van der Waals surface area contributed by atoms with Crippen molar-refractivity contribution >= 4 is 21.5 Å². The molecule has 0 amide bonds. The van der Waals surface area contributed by atoms with E-state index in [1.807, 2.05) is 0 Å². The van der Waals surface area contributed by atoms with Crippen LogP contribution in [0, 0.1) is 0 Å². The van der Waals surface area contributed by atoms with E-state index in [4.69, 9.17) is 0 Å². The molecular weight excluding hydrogens is 542 g/mol. The molecular formula is C44H36N+. The van der Waals surface area contributed by atoms with Gasteiger partial charge in [-0.15, -0.1) is 0 Å². The number of benzene rings is 6. The van der Waals surface area contributed by atoms with Crippen molar-refractivity contribution in [3.05, 3.63) is 150 Å². The summed E-state index contributed by atoms with van der Waals surface area (Å²) in [6.45, 7) is 9.12. The van der Waals surface area contributed by atoms with Crippen molar-refractivity contribution in [3.63, 3.8) is 0 Å². The molecule has 0 saturated carbocycles. The van der Waals surface area contributed by atoms with E-state index in [2.05, 4.69) is 160 Å². The lowest BCUT2D eigenvalue weighted by atomic mass is 9.88. The molecule has 6 aromatic carbocycles. The summed E-state index contributed by atoms with van der Waals surface area (Å²) in [7, 11) is 0. The third-order valence-corrected chi connectivity index (χ3v) is 10.2. The monoisotopic (exact) mass is 578 g/mol. The number of hydrogen-bond donors (Lipinski definition) is 0. The molecule has 0 bridgehead atoms. The van der Waals surface area contributed by atoms with Crippen molar-refractivity contribution < 1.29 is 4.57 Å². The van der Waals surface area contributed by atoms with Gasteiger partial charge in [0.05, 0.1) is 11.1 Å². The Morgan fingerprint density at radius 2 is 0.911 bits per heavy atom. The highest BCUT2D eigenvalue weighted by molar-refractivity contribution is 5.95. The van der Waals surface area contributed by atoms with Gasteiger partial charge in [-0.3, -0.25) is 0 Å². The lowest BCUT2D eigenvalue weighted by Gasteiger charge is -2.12. The van der Waals surface area contributed by atoms with Gasteiger partial charge in [-0.05, 0) is 91.0 Å². The first-order valence-corrected chi connectivity index (χ1v) is 16.3. The van der Waals surface area contributed by atoms with Gasteiger partial charge < -0.3 is 0 Å². The van der Waals surface area contributed by atoms with E-state index in [9.17, 15) is 0 Å². The molecule has 2 aliphatic rings. The molecule has 0 aliphatic carbocycles. The predicted molar refractivity (Wildman–Crippen MR) is 189 cm³/mol. The topological polar surface area (TPSA) is 3.88 Å². The van der Waals surface area contributed by atoms with Gasteiger partial charge in [0.25, 0.3) is 0 Å². The van der Waals surface area contributed by atoms with E-state index in [0.717, 1.165) is 0 Å². The Balaban J connectivity index is 1.34. The molecule has 1 aromatic heterocycles. The van der Waals surface area contributed by atoms with Crippen molar-refractivity contribution in [2.24, 2.45) is 0 Å². The summed E-state index contributed by atoms with van der Waals surface area (Å²) in [5, 5.41) is 5.28. The van der Waals surface area contributed by atoms with Gasteiger partial charge in [0.15, 0.2) is 0 Å². The van der Waals surface area contributed by atoms with Gasteiger partial charge in [-0.2, -0.15) is 4.57 Å². The summed E-state index contributed by atoms with van der Waals surface area (Å²) < 4.78 is 2.62. The van der Waals surface area contributed by atoms with Crippen LogP contribution in [0.15, 0.2) is 127 Å². The Morgan fingerprint density at radius 1 is 0.422 bits per heavy atom. The van der Waals surface area contributed by atoms with Crippen LogP contribution in [0.25, 0.3) is 66.3 Å². The van der Waals surface area contributed by atoms with Gasteiger partial charge in [0, 0.05) is 23.3 Å². The Labute approximate surface area is 265 Å². The highest BCUT2D eigenvalue weighted by atomic mass is 15.1. The zero-order chi connectivity index (χ0) is 30.4. The Hall–Kier alpha value is -5.01. The summed E-state index contributed by atoms with van der Waals surface area (Å²) >= 11 is 0. The third kappa shape index (κ3) is 3.97. The maximum Gasteiger partial charge on any atom is 0.215 e. The van der Waals surface area contributed by atoms with E-state index in [1.165, 1.54) is 88.6 Å². The number of rotatable bonds is 4. The lowest BCUT2D eigenvalue weighted by molar-refractivity contribution is -0.672. The number of pyridine rings is 1. The zero-order valence-corrected chi connectivity index (χ0v) is 26.3. The third-order valence-electron chi connectivity index (χ3n) is 10.2. The minimum atomic E-state index is 0.182. The summed E-state index contributed by atoms with van der Waals surface area (Å²) in [6, 6.07) is 48.7. The number of fused-ring (bicyclic) bond motifs is 8. The van der Waals surface area contributed by atoms with Crippen molar-refractivity contribution in [2.45, 2.75) is 45.6 Å². The predicted octanol–water partition coefficient (Wildman–Crippen LogP) is 11.5. The maximum absolute atomic E-state index is 2.62. The van der Waals surface area contributed by atoms with Crippen LogP contribution in [-0.4, -0.2) is 0 Å². The molecule has 3 heterocycles. The first-order valence-electron chi connectivity index (χ1n) is 16.3. The second-order valence-electron chi connectivity index (χ2n) is 13.6. The van der Waals surface area contributed by atoms with Crippen molar-refractivity contribution in [3.8, 4) is 44.8 Å². The van der Waals surface area contributed by atoms with E-state index in [0.29, 0.717) is 11.8 Å². The minimum Gasteiger partial charge on any atom is -0.180 e. The first-order chi connectivity index (χ1) is 21.9. The Kier molecular flexibility index (Phi) is 5.72. The highest BCUT2D eigenvalue weighted by Gasteiger charge is 2.47. The van der Waals surface area contributed by atoms with E-state index in [1.54, 1.807) is 0 Å². The highest BCUT2D eigenvalue weighted by Crippen LogP contribution is 2.50. The van der Waals surface area contributed by atoms with Crippen LogP contribution >= 0.6 is 0 Å². The second kappa shape index (κ2) is 9.74. The molecule has 1 heteroatoms. The summed E-state index contributed by atoms with van der Waals surface area (Å²) in [5.41, 5.74) is 16.0. The average molecular weight is 579 g/mol. The smallest absolute Gasteiger partial charge is 0.180 e. The molecule has 0 radical (unpaired) electrons. The van der Waals surface area contributed by atoms with E-state index < -0.39 is 0 Å². The van der Waals surface area contributed by atoms with Crippen molar-refractivity contribution in [1.82, 2.24) is 0 Å². The fraction of sp³-hybridized carbons (Fsp3) is 0.159. The normalized spacial score (nSPS) is 13.2. The van der Waals surface area contributed by atoms with Gasteiger partial charge in [0.1, 0.15) is 0 Å². The molecule has 0 unspecified atom stereocenters. The molecule has 45 heavy (non-hydrogen) atoms. The van der Waals surface area contributed by atoms with Crippen LogP contribution in [0.1, 0.15) is 67.8 Å². The van der Waals surface area contributed by atoms with Crippen molar-refractivity contribution in [1.29, 1.82) is 0 Å². The molecule has 7 aromatic rings. The lowest BCUT2D eigenvalue weighted by Crippen LogP contribution is -2.36. The SMILES string of the molecule is CC(C)c1ccc2cc3c(cc2c1)-c1cc(-c2ccccc2-c2ccccc2)cc2[n+]1C3c1cc3ccc(C(C)C)cc3cc1-2. The zero-order valence-electron chi connectivity index (χ0n) is 26.3. The molecule has 0 N–H and O–H groups in total. The quantitative estimate of drug-likeness (QED) is 0.183. The first kappa shape index (κ1) is 26.4. The number of nitrogens with zero attached hydrogens (tertiary/aromatic N) is 1. The van der Waals surface area contributed by atoms with Gasteiger partial charge in [-0.1, -0.05) is 119 Å². The summed E-state index contributed by atoms with van der Waals surface area (Å²) in [6.07, 6.45) is 0. The van der Waals surface area contributed by atoms with Crippen LogP contribution < -0.4 is 4.57 Å². The van der Waals surface area contributed by atoms with Crippen LogP contribution in [0.5, 0.6) is 0 Å². The molecule has 0 fully saturated rings. The fourth-order valence-corrected chi connectivity index (χ4v) is 7.79. The summed E-state index contributed by atoms with van der Waals surface area (Å²) in [4.78, 5) is 0. The van der Waals surface area contributed by atoms with Crippen LogP contribution in [-0.2, 0) is 0 Å². The van der Waals surface area contributed by atoms with Gasteiger partial charge >= 0.3 is 0 Å². The average Bonchev–Trinajstić information content (AvgIpc) is 3.56. The maximum atomic E-state index is 2.62. The molecule has 2 aliphatic heterocycles. The fourth-order valence-electron chi connectivity index (χ4n) is 7.79. The number of aromatic nitrogens is 1.